The van der Waals surface area contributed by atoms with Gasteiger partial charge in [0.15, 0.2) is 0 Å². The van der Waals surface area contributed by atoms with Crippen LogP contribution >= 0.6 is 0 Å². The van der Waals surface area contributed by atoms with Gasteiger partial charge < -0.3 is 9.64 Å². The number of piperidine rings is 1. The average Bonchev–Trinajstić information content (AvgIpc) is 2.48. The van der Waals surface area contributed by atoms with Crippen LogP contribution in [-0.4, -0.2) is 45.2 Å². The first-order valence-electron chi connectivity index (χ1n) is 7.34. The Hall–Kier alpha value is -1.60. The van der Waals surface area contributed by atoms with Crippen LogP contribution in [0.3, 0.4) is 0 Å². The fourth-order valence-corrected chi connectivity index (χ4v) is 3.42. The first-order chi connectivity index (χ1) is 10.4. The zero-order chi connectivity index (χ0) is 16.2. The van der Waals surface area contributed by atoms with Crippen LogP contribution in [-0.2, 0) is 19.0 Å². The van der Waals surface area contributed by atoms with Gasteiger partial charge in [-0.15, -0.1) is 0 Å². The molecule has 1 aromatic carbocycles. The molecular weight excluding hydrogens is 306 g/mol. The topological polar surface area (TPSA) is 72.9 Å². The maximum Gasteiger partial charge on any atom is 0.409 e. The number of rotatable bonds is 4. The van der Waals surface area contributed by atoms with Gasteiger partial charge in [-0.2, -0.15) is 8.42 Å². The van der Waals surface area contributed by atoms with Crippen molar-refractivity contribution < 1.29 is 22.1 Å². The van der Waals surface area contributed by atoms with E-state index in [1.807, 2.05) is 6.92 Å². The molecule has 0 unspecified atom stereocenters. The second-order valence-corrected chi connectivity index (χ2v) is 6.82. The quantitative estimate of drug-likeness (QED) is 0.794. The van der Waals surface area contributed by atoms with Gasteiger partial charge in [0.1, 0.15) is 0 Å². The maximum absolute atomic E-state index is 12.2. The first kappa shape index (κ1) is 16.8. The van der Waals surface area contributed by atoms with Gasteiger partial charge in [-0.05, 0) is 38.8 Å². The van der Waals surface area contributed by atoms with E-state index in [-0.39, 0.29) is 11.0 Å². The molecule has 22 heavy (non-hydrogen) atoms. The molecule has 0 spiro atoms. The first-order valence-corrected chi connectivity index (χ1v) is 8.75. The van der Waals surface area contributed by atoms with E-state index in [4.69, 9.17) is 8.92 Å². The zero-order valence-corrected chi connectivity index (χ0v) is 13.6. The Morgan fingerprint density at radius 3 is 2.36 bits per heavy atom. The average molecular weight is 327 g/mol. The molecule has 0 atom stereocenters. The molecule has 0 saturated carbocycles. The highest BCUT2D eigenvalue weighted by Crippen LogP contribution is 2.21. The number of amides is 1. The normalized spacial score (nSPS) is 16.5. The molecule has 1 fully saturated rings. The molecule has 122 valence electrons. The number of nitrogens with zero attached hydrogens (tertiary/aromatic N) is 1. The number of hydrogen-bond donors (Lipinski definition) is 0. The molecule has 1 saturated heterocycles. The second kappa shape index (κ2) is 7.11. The molecule has 1 aromatic rings. The molecule has 0 radical (unpaired) electrons. The molecule has 7 heteroatoms. The van der Waals surface area contributed by atoms with Gasteiger partial charge in [-0.25, -0.2) is 4.79 Å². The van der Waals surface area contributed by atoms with Crippen molar-refractivity contribution >= 4 is 16.2 Å². The predicted molar refractivity (Wildman–Crippen MR) is 81.1 cm³/mol. The fraction of sp³-hybridized carbons (Fsp3) is 0.533. The molecule has 1 aliphatic heterocycles. The van der Waals surface area contributed by atoms with E-state index in [0.29, 0.717) is 32.5 Å². The zero-order valence-electron chi connectivity index (χ0n) is 12.8. The third kappa shape index (κ3) is 4.20. The van der Waals surface area contributed by atoms with Gasteiger partial charge in [0.2, 0.25) is 0 Å². The summed E-state index contributed by atoms with van der Waals surface area (Å²) in [6.45, 7) is 4.85. The highest BCUT2D eigenvalue weighted by atomic mass is 32.2. The van der Waals surface area contributed by atoms with Gasteiger partial charge in [-0.3, -0.25) is 4.18 Å². The molecule has 1 amide bonds. The number of likely N-dealkylation sites (tertiary alicyclic amines) is 1. The Bertz CT molecular complexity index is 603. The molecular formula is C15H21NO5S. The lowest BCUT2D eigenvalue weighted by Crippen LogP contribution is -2.41. The Labute approximate surface area is 131 Å². The van der Waals surface area contributed by atoms with Crippen LogP contribution in [0.5, 0.6) is 0 Å². The van der Waals surface area contributed by atoms with Gasteiger partial charge >= 0.3 is 6.09 Å². The van der Waals surface area contributed by atoms with Crippen molar-refractivity contribution in [2.45, 2.75) is 37.7 Å². The van der Waals surface area contributed by atoms with Gasteiger partial charge in [0.25, 0.3) is 10.1 Å². The number of benzene rings is 1. The van der Waals surface area contributed by atoms with Crippen LogP contribution in [0.4, 0.5) is 4.79 Å². The van der Waals surface area contributed by atoms with E-state index in [1.165, 1.54) is 0 Å². The Balaban J connectivity index is 1.92. The summed E-state index contributed by atoms with van der Waals surface area (Å²) in [5.41, 5.74) is 0.988. The van der Waals surface area contributed by atoms with Crippen molar-refractivity contribution in [3.05, 3.63) is 29.8 Å². The summed E-state index contributed by atoms with van der Waals surface area (Å²) in [6.07, 6.45) is 0.188. The van der Waals surface area contributed by atoms with Crippen LogP contribution in [0.2, 0.25) is 0 Å². The van der Waals surface area contributed by atoms with Crippen molar-refractivity contribution in [1.29, 1.82) is 0 Å². The van der Waals surface area contributed by atoms with E-state index >= 15 is 0 Å². The number of ether oxygens (including phenoxy) is 1. The van der Waals surface area contributed by atoms with E-state index in [9.17, 15) is 13.2 Å². The van der Waals surface area contributed by atoms with E-state index in [1.54, 1.807) is 36.1 Å². The third-order valence-electron chi connectivity index (χ3n) is 3.54. The SMILES string of the molecule is CCOC(=O)N1CCC(OS(=O)(=O)c2ccc(C)cc2)CC1. The minimum Gasteiger partial charge on any atom is -0.450 e. The summed E-state index contributed by atoms with van der Waals surface area (Å²) in [4.78, 5) is 13.3. The minimum atomic E-state index is -3.76. The van der Waals surface area contributed by atoms with Gasteiger partial charge in [0, 0.05) is 13.1 Å². The summed E-state index contributed by atoms with van der Waals surface area (Å²) < 4.78 is 34.6. The molecule has 6 nitrogen and oxygen atoms in total. The lowest BCUT2D eigenvalue weighted by molar-refractivity contribution is 0.0726. The summed E-state index contributed by atoms with van der Waals surface area (Å²) in [6, 6.07) is 6.55. The Kier molecular flexibility index (Phi) is 5.42. The van der Waals surface area contributed by atoms with E-state index in [0.717, 1.165) is 5.56 Å². The lowest BCUT2D eigenvalue weighted by Gasteiger charge is -2.30. The smallest absolute Gasteiger partial charge is 0.409 e. The van der Waals surface area contributed by atoms with Crippen LogP contribution in [0.15, 0.2) is 29.2 Å². The summed E-state index contributed by atoms with van der Waals surface area (Å²) in [5.74, 6) is 0. The minimum absolute atomic E-state index is 0.158. The molecule has 0 bridgehead atoms. The number of carbonyl (C=O) groups excluding carboxylic acids is 1. The molecule has 1 aliphatic rings. The molecule has 0 N–H and O–H groups in total. The highest BCUT2D eigenvalue weighted by Gasteiger charge is 2.28. The summed E-state index contributed by atoms with van der Waals surface area (Å²) in [7, 11) is -3.76. The van der Waals surface area contributed by atoms with Crippen molar-refractivity contribution in [3.63, 3.8) is 0 Å². The van der Waals surface area contributed by atoms with E-state index in [2.05, 4.69) is 0 Å². The van der Waals surface area contributed by atoms with Crippen molar-refractivity contribution in [2.75, 3.05) is 19.7 Å². The van der Waals surface area contributed by atoms with Gasteiger partial charge in [-0.1, -0.05) is 17.7 Å². The van der Waals surface area contributed by atoms with Crippen molar-refractivity contribution in [1.82, 2.24) is 4.90 Å². The Morgan fingerprint density at radius 1 is 1.23 bits per heavy atom. The van der Waals surface area contributed by atoms with Crippen LogP contribution in [0, 0.1) is 6.92 Å². The fourth-order valence-electron chi connectivity index (χ4n) is 2.29. The lowest BCUT2D eigenvalue weighted by atomic mass is 10.1. The number of carbonyl (C=O) groups is 1. The van der Waals surface area contributed by atoms with Crippen LogP contribution in [0.25, 0.3) is 0 Å². The van der Waals surface area contributed by atoms with E-state index < -0.39 is 16.2 Å². The summed E-state index contributed by atoms with van der Waals surface area (Å²) in [5, 5.41) is 0. The molecule has 0 aliphatic carbocycles. The Morgan fingerprint density at radius 2 is 1.82 bits per heavy atom. The third-order valence-corrected chi connectivity index (χ3v) is 4.92. The van der Waals surface area contributed by atoms with Crippen LogP contribution in [0.1, 0.15) is 25.3 Å². The highest BCUT2D eigenvalue weighted by molar-refractivity contribution is 7.86. The van der Waals surface area contributed by atoms with Crippen LogP contribution < -0.4 is 0 Å². The molecule has 2 rings (SSSR count). The molecule has 1 heterocycles. The maximum atomic E-state index is 12.2. The van der Waals surface area contributed by atoms with Crippen molar-refractivity contribution in [3.8, 4) is 0 Å². The van der Waals surface area contributed by atoms with Crippen molar-refractivity contribution in [2.24, 2.45) is 0 Å². The number of hydrogen-bond acceptors (Lipinski definition) is 5. The largest absolute Gasteiger partial charge is 0.450 e. The monoisotopic (exact) mass is 327 g/mol. The standard InChI is InChI=1S/C15H21NO5S/c1-3-20-15(17)16-10-8-13(9-11-16)21-22(18,19)14-6-4-12(2)5-7-14/h4-7,13H,3,8-11H2,1-2H3. The van der Waals surface area contributed by atoms with Gasteiger partial charge in [0.05, 0.1) is 17.6 Å². The molecule has 0 aromatic heterocycles. The number of aryl methyl sites for hydroxylation is 1. The second-order valence-electron chi connectivity index (χ2n) is 5.25. The summed E-state index contributed by atoms with van der Waals surface area (Å²) >= 11 is 0. The predicted octanol–water partition coefficient (Wildman–Crippen LogP) is 2.32.